The molecule has 49 heavy (non-hydrogen) atoms. The van der Waals surface area contributed by atoms with Crippen LogP contribution in [0.4, 0.5) is 5.69 Å². The van der Waals surface area contributed by atoms with E-state index in [9.17, 15) is 26.7 Å². The molecule has 0 bridgehead atoms. The quantitative estimate of drug-likeness (QED) is 0.306. The zero-order valence-electron chi connectivity index (χ0n) is 28.6. The van der Waals surface area contributed by atoms with Gasteiger partial charge in [0.05, 0.1) is 47.3 Å². The van der Waals surface area contributed by atoms with Crippen LogP contribution in [0.25, 0.3) is 0 Å². The van der Waals surface area contributed by atoms with Crippen LogP contribution in [0, 0.1) is 5.92 Å². The van der Waals surface area contributed by atoms with Crippen molar-refractivity contribution in [3.8, 4) is 11.5 Å². The molecule has 0 saturated heterocycles. The molecule has 0 saturated carbocycles. The van der Waals surface area contributed by atoms with Gasteiger partial charge in [-0.25, -0.2) is 16.8 Å². The summed E-state index contributed by atoms with van der Waals surface area (Å²) in [5, 5.41) is 10.2. The Morgan fingerprint density at radius 3 is 2.35 bits per heavy atom. The molecule has 4 rings (SSSR count). The van der Waals surface area contributed by atoms with Gasteiger partial charge in [0.25, 0.3) is 15.9 Å². The first-order chi connectivity index (χ1) is 23.3. The van der Waals surface area contributed by atoms with E-state index in [2.05, 4.69) is 4.72 Å². The maximum absolute atomic E-state index is 14.4. The molecule has 12 nitrogen and oxygen atoms in total. The van der Waals surface area contributed by atoms with Crippen LogP contribution in [0.1, 0.15) is 50.4 Å². The third-order valence-corrected chi connectivity index (χ3v) is 11.8. The highest BCUT2D eigenvalue weighted by atomic mass is 32.2. The van der Waals surface area contributed by atoms with Crippen LogP contribution in [-0.4, -0.2) is 95.8 Å². The van der Waals surface area contributed by atoms with E-state index in [0.717, 1.165) is 6.42 Å². The number of fused-ring (bicyclic) bond motifs is 1. The number of hydrogen-bond donors (Lipinski definition) is 2. The molecule has 268 valence electrons. The Morgan fingerprint density at radius 2 is 1.69 bits per heavy atom. The Balaban J connectivity index is 1.67. The second kappa shape index (κ2) is 16.8. The highest BCUT2D eigenvalue weighted by Gasteiger charge is 2.32. The van der Waals surface area contributed by atoms with Gasteiger partial charge in [0.2, 0.25) is 10.0 Å². The standard InChI is InChI=1S/C35H47N3O9S2/c1-25-22-38(26(2)24-39)35(40)32-21-28(36-48(41,42)30-17-15-29(45-5)16-18-30)14-19-33(32)47-27(3)11-9-10-20-46-34(25)23-37(4)49(43,44)31-12-7-6-8-13-31/h6-8,12-19,21,25-27,34,36,39H,9-11,20,22-24H2,1-5H3/t25-,26-,27-,34-/m0/s1. The second-order valence-corrected chi connectivity index (χ2v) is 16.1. The molecule has 1 aliphatic rings. The van der Waals surface area contributed by atoms with Gasteiger partial charge >= 0.3 is 0 Å². The van der Waals surface area contributed by atoms with Crippen LogP contribution in [0.5, 0.6) is 11.5 Å². The Morgan fingerprint density at radius 1 is 1.00 bits per heavy atom. The van der Waals surface area contributed by atoms with E-state index in [-0.39, 0.29) is 58.5 Å². The fraction of sp³-hybridized carbons (Fsp3) is 0.457. The first kappa shape index (κ1) is 38.1. The van der Waals surface area contributed by atoms with Crippen LogP contribution in [0.2, 0.25) is 0 Å². The molecule has 3 aromatic carbocycles. The van der Waals surface area contributed by atoms with Crippen molar-refractivity contribution in [3.05, 3.63) is 78.4 Å². The first-order valence-corrected chi connectivity index (χ1v) is 19.2. The summed E-state index contributed by atoms with van der Waals surface area (Å²) in [5.41, 5.74) is 0.270. The van der Waals surface area contributed by atoms with Crippen LogP contribution < -0.4 is 14.2 Å². The molecule has 14 heteroatoms. The van der Waals surface area contributed by atoms with Gasteiger partial charge in [-0.1, -0.05) is 25.1 Å². The molecular weight excluding hydrogens is 671 g/mol. The van der Waals surface area contributed by atoms with Gasteiger partial charge in [-0.2, -0.15) is 4.31 Å². The minimum absolute atomic E-state index is 0.0132. The summed E-state index contributed by atoms with van der Waals surface area (Å²) in [7, 11) is -4.83. The van der Waals surface area contributed by atoms with Gasteiger partial charge in [-0.05, 0) is 87.7 Å². The zero-order valence-corrected chi connectivity index (χ0v) is 30.2. The SMILES string of the molecule is COc1ccc(S(=O)(=O)Nc2ccc3c(c2)C(=O)N([C@@H](C)CO)C[C@H](C)[C@H](CN(C)S(=O)(=O)c2ccccc2)OCCCC[C@H](C)O3)cc1. The fourth-order valence-electron chi connectivity index (χ4n) is 5.54. The number of aliphatic hydroxyl groups is 1. The summed E-state index contributed by atoms with van der Waals surface area (Å²) >= 11 is 0. The lowest BCUT2D eigenvalue weighted by Gasteiger charge is -2.35. The molecule has 3 aromatic rings. The average Bonchev–Trinajstić information content (AvgIpc) is 3.09. The molecule has 0 fully saturated rings. The lowest BCUT2D eigenvalue weighted by atomic mass is 10.0. The van der Waals surface area contributed by atoms with Crippen molar-refractivity contribution < 1.29 is 40.9 Å². The largest absolute Gasteiger partial charge is 0.497 e. The molecule has 4 atom stereocenters. The number of amides is 1. The van der Waals surface area contributed by atoms with Gasteiger partial charge in [0.15, 0.2) is 0 Å². The van der Waals surface area contributed by atoms with Crippen molar-refractivity contribution >= 4 is 31.6 Å². The average molecular weight is 718 g/mol. The number of likely N-dealkylation sites (N-methyl/N-ethyl adjacent to an activating group) is 1. The Labute approximate surface area is 290 Å². The summed E-state index contributed by atoms with van der Waals surface area (Å²) in [5.74, 6) is -0.0608. The first-order valence-electron chi connectivity index (χ1n) is 16.3. The van der Waals surface area contributed by atoms with Crippen molar-refractivity contribution in [2.45, 2.75) is 68.1 Å². The van der Waals surface area contributed by atoms with Crippen molar-refractivity contribution in [2.24, 2.45) is 5.92 Å². The number of nitrogens with zero attached hydrogens (tertiary/aromatic N) is 2. The van der Waals surface area contributed by atoms with Crippen LogP contribution in [0.15, 0.2) is 82.6 Å². The number of aliphatic hydroxyl groups excluding tert-OH is 1. The predicted octanol–water partition coefficient (Wildman–Crippen LogP) is 4.61. The Bertz CT molecular complexity index is 1750. The van der Waals surface area contributed by atoms with Crippen molar-refractivity contribution in [1.82, 2.24) is 9.21 Å². The number of anilines is 1. The van der Waals surface area contributed by atoms with Crippen LogP contribution in [-0.2, 0) is 24.8 Å². The van der Waals surface area contributed by atoms with Gasteiger partial charge < -0.3 is 24.2 Å². The summed E-state index contributed by atoms with van der Waals surface area (Å²) < 4.78 is 74.7. The number of benzene rings is 3. The second-order valence-electron chi connectivity index (χ2n) is 12.4. The highest BCUT2D eigenvalue weighted by Crippen LogP contribution is 2.30. The van der Waals surface area contributed by atoms with E-state index in [1.54, 1.807) is 49.4 Å². The van der Waals surface area contributed by atoms with E-state index in [1.165, 1.54) is 53.7 Å². The highest BCUT2D eigenvalue weighted by molar-refractivity contribution is 7.92. The third-order valence-electron chi connectivity index (χ3n) is 8.56. The lowest BCUT2D eigenvalue weighted by molar-refractivity contribution is -0.00833. The molecule has 0 aliphatic carbocycles. The van der Waals surface area contributed by atoms with E-state index >= 15 is 0 Å². The van der Waals surface area contributed by atoms with E-state index in [1.807, 2.05) is 13.8 Å². The maximum atomic E-state index is 14.4. The van der Waals surface area contributed by atoms with Gasteiger partial charge in [-0.3, -0.25) is 9.52 Å². The number of nitrogens with one attached hydrogen (secondary N) is 1. The number of rotatable bonds is 10. The molecule has 1 aliphatic heterocycles. The maximum Gasteiger partial charge on any atom is 0.261 e. The Hall–Kier alpha value is -3.69. The molecular formula is C35H47N3O9S2. The molecule has 1 heterocycles. The number of methoxy groups -OCH3 is 1. The molecule has 0 unspecified atom stereocenters. The van der Waals surface area contributed by atoms with E-state index in [4.69, 9.17) is 14.2 Å². The monoisotopic (exact) mass is 717 g/mol. The number of hydrogen-bond acceptors (Lipinski definition) is 9. The minimum Gasteiger partial charge on any atom is -0.497 e. The topological polar surface area (TPSA) is 152 Å². The summed E-state index contributed by atoms with van der Waals surface area (Å²) in [4.78, 5) is 16.1. The van der Waals surface area contributed by atoms with Gasteiger partial charge in [0.1, 0.15) is 11.5 Å². The van der Waals surface area contributed by atoms with E-state index < -0.39 is 38.1 Å². The molecule has 0 radical (unpaired) electrons. The van der Waals surface area contributed by atoms with Crippen molar-refractivity contribution in [3.63, 3.8) is 0 Å². The molecule has 2 N–H and O–H groups in total. The minimum atomic E-state index is -4.02. The zero-order chi connectivity index (χ0) is 35.8. The fourth-order valence-corrected chi connectivity index (χ4v) is 7.80. The number of carbonyl (C=O) groups is 1. The van der Waals surface area contributed by atoms with E-state index in [0.29, 0.717) is 25.2 Å². The lowest BCUT2D eigenvalue weighted by Crippen LogP contribution is -2.48. The number of carbonyl (C=O) groups excluding carboxylic acids is 1. The third kappa shape index (κ3) is 9.73. The van der Waals surface area contributed by atoms with Gasteiger partial charge in [0, 0.05) is 38.3 Å². The van der Waals surface area contributed by atoms with Gasteiger partial charge in [-0.15, -0.1) is 0 Å². The van der Waals surface area contributed by atoms with Crippen LogP contribution >= 0.6 is 0 Å². The number of ether oxygens (including phenoxy) is 3. The summed E-state index contributed by atoms with van der Waals surface area (Å²) in [6.07, 6.45) is 1.26. The van der Waals surface area contributed by atoms with Crippen LogP contribution in [0.3, 0.4) is 0 Å². The summed E-state index contributed by atoms with van der Waals surface area (Å²) in [6.45, 7) is 5.67. The predicted molar refractivity (Wildman–Crippen MR) is 187 cm³/mol. The molecule has 0 aromatic heterocycles. The Kier molecular flexibility index (Phi) is 13.1. The van der Waals surface area contributed by atoms with Crippen molar-refractivity contribution in [1.29, 1.82) is 0 Å². The number of sulfonamides is 2. The summed E-state index contributed by atoms with van der Waals surface area (Å²) in [6, 6.07) is 18.0. The molecule has 1 amide bonds. The molecule has 0 spiro atoms. The van der Waals surface area contributed by atoms with Crippen molar-refractivity contribution in [2.75, 3.05) is 45.2 Å². The smallest absolute Gasteiger partial charge is 0.261 e. The normalized spacial score (nSPS) is 20.5.